The zero-order chi connectivity index (χ0) is 15.0. The lowest BCUT2D eigenvalue weighted by Crippen LogP contribution is -2.04. The number of methoxy groups -OCH3 is 1. The molecular weight excluding hydrogens is 303 g/mol. The lowest BCUT2D eigenvalue weighted by Gasteiger charge is -2.10. The van der Waals surface area contributed by atoms with Crippen LogP contribution < -0.4 is 4.74 Å². The van der Waals surface area contributed by atoms with E-state index in [0.29, 0.717) is 0 Å². The van der Waals surface area contributed by atoms with Crippen LogP contribution in [0.5, 0.6) is 5.75 Å². The molecule has 2 rings (SSSR count). The summed E-state index contributed by atoms with van der Waals surface area (Å²) >= 11 is 5.73. The molecule has 0 amide bonds. The summed E-state index contributed by atoms with van der Waals surface area (Å²) in [5, 5.41) is 0.139. The average Bonchev–Trinajstić information content (AvgIpc) is 2.45. The lowest BCUT2D eigenvalue weighted by molar-refractivity contribution is 0.381. The summed E-state index contributed by atoms with van der Waals surface area (Å²) in [4.78, 5) is 0. The van der Waals surface area contributed by atoms with Gasteiger partial charge in [0.2, 0.25) is 5.82 Å². The third kappa shape index (κ3) is 2.20. The topological polar surface area (TPSA) is 9.23 Å². The molecule has 0 saturated heterocycles. The van der Waals surface area contributed by atoms with E-state index in [0.717, 1.165) is 12.1 Å². The maximum atomic E-state index is 13.6. The first-order valence-electron chi connectivity index (χ1n) is 5.23. The van der Waals surface area contributed by atoms with Crippen LogP contribution in [0.4, 0.5) is 22.0 Å². The molecule has 0 aliphatic carbocycles. The standard InChI is InChI=1S/C13H6ClF5O/c1-20-7-4-5(2-3-6(7)14)8-9(15)11(17)13(19)12(18)10(8)16/h2-4H,1H3. The van der Waals surface area contributed by atoms with Gasteiger partial charge in [0, 0.05) is 0 Å². The first-order valence-corrected chi connectivity index (χ1v) is 5.61. The summed E-state index contributed by atoms with van der Waals surface area (Å²) in [5.41, 5.74) is -1.27. The van der Waals surface area contributed by atoms with Gasteiger partial charge in [-0.05, 0) is 17.7 Å². The highest BCUT2D eigenvalue weighted by Gasteiger charge is 2.26. The molecule has 0 N–H and O–H groups in total. The van der Waals surface area contributed by atoms with Crippen LogP contribution >= 0.6 is 11.6 Å². The molecule has 0 fully saturated rings. The molecule has 0 saturated carbocycles. The Morgan fingerprint density at radius 3 is 1.85 bits per heavy atom. The van der Waals surface area contributed by atoms with E-state index in [4.69, 9.17) is 16.3 Å². The van der Waals surface area contributed by atoms with Gasteiger partial charge >= 0.3 is 0 Å². The largest absolute Gasteiger partial charge is 0.495 e. The third-order valence-corrected chi connectivity index (χ3v) is 2.96. The van der Waals surface area contributed by atoms with Crippen molar-refractivity contribution >= 4 is 11.6 Å². The van der Waals surface area contributed by atoms with Crippen molar-refractivity contribution in [2.75, 3.05) is 7.11 Å². The molecule has 0 atom stereocenters. The summed E-state index contributed by atoms with van der Waals surface area (Å²) in [6.07, 6.45) is 0. The predicted molar refractivity (Wildman–Crippen MR) is 63.2 cm³/mol. The fourth-order valence-electron chi connectivity index (χ4n) is 1.67. The minimum Gasteiger partial charge on any atom is -0.495 e. The van der Waals surface area contributed by atoms with Gasteiger partial charge in [0.1, 0.15) is 5.75 Å². The van der Waals surface area contributed by atoms with Gasteiger partial charge in [-0.1, -0.05) is 17.7 Å². The number of rotatable bonds is 2. The fraction of sp³-hybridized carbons (Fsp3) is 0.0769. The Kier molecular flexibility index (Phi) is 3.85. The van der Waals surface area contributed by atoms with Crippen molar-refractivity contribution in [2.45, 2.75) is 0 Å². The van der Waals surface area contributed by atoms with Gasteiger partial charge in [-0.25, -0.2) is 22.0 Å². The molecule has 1 nitrogen and oxygen atoms in total. The smallest absolute Gasteiger partial charge is 0.200 e. The van der Waals surface area contributed by atoms with E-state index >= 15 is 0 Å². The molecule has 0 aliphatic rings. The van der Waals surface area contributed by atoms with Crippen LogP contribution in [0.25, 0.3) is 11.1 Å². The van der Waals surface area contributed by atoms with Gasteiger partial charge < -0.3 is 4.74 Å². The highest BCUT2D eigenvalue weighted by Crippen LogP contribution is 2.35. The van der Waals surface area contributed by atoms with E-state index < -0.39 is 34.6 Å². The molecule has 106 valence electrons. The molecule has 7 heteroatoms. The number of halogens is 6. The third-order valence-electron chi connectivity index (χ3n) is 2.65. The van der Waals surface area contributed by atoms with Gasteiger partial charge in [-0.15, -0.1) is 0 Å². The summed E-state index contributed by atoms with van der Waals surface area (Å²) in [6, 6.07) is 3.44. The van der Waals surface area contributed by atoms with Crippen molar-refractivity contribution in [1.82, 2.24) is 0 Å². The predicted octanol–water partition coefficient (Wildman–Crippen LogP) is 4.71. The summed E-state index contributed by atoms with van der Waals surface area (Å²) in [7, 11) is 1.25. The first-order chi connectivity index (χ1) is 9.38. The Morgan fingerprint density at radius 2 is 1.35 bits per heavy atom. The highest BCUT2D eigenvalue weighted by atomic mass is 35.5. The molecule has 0 spiro atoms. The molecular formula is C13H6ClF5O. The zero-order valence-corrected chi connectivity index (χ0v) is 10.7. The van der Waals surface area contributed by atoms with Crippen molar-refractivity contribution in [3.63, 3.8) is 0 Å². The van der Waals surface area contributed by atoms with E-state index in [1.54, 1.807) is 0 Å². The second kappa shape index (κ2) is 5.28. The Labute approximate surface area is 115 Å². The van der Waals surface area contributed by atoms with Crippen molar-refractivity contribution in [1.29, 1.82) is 0 Å². The van der Waals surface area contributed by atoms with E-state index in [9.17, 15) is 22.0 Å². The molecule has 2 aromatic rings. The molecule has 0 aromatic heterocycles. The van der Waals surface area contributed by atoms with Crippen LogP contribution in [-0.2, 0) is 0 Å². The molecule has 0 aliphatic heterocycles. The quantitative estimate of drug-likeness (QED) is 0.443. The Balaban J connectivity index is 2.76. The molecule has 0 heterocycles. The van der Waals surface area contributed by atoms with Crippen LogP contribution in [0.2, 0.25) is 5.02 Å². The monoisotopic (exact) mass is 308 g/mol. The minimum atomic E-state index is -2.20. The van der Waals surface area contributed by atoms with E-state index in [1.807, 2.05) is 0 Å². The van der Waals surface area contributed by atoms with E-state index in [1.165, 1.54) is 13.2 Å². The van der Waals surface area contributed by atoms with Gasteiger partial charge in [0.05, 0.1) is 17.7 Å². The van der Waals surface area contributed by atoms with E-state index in [2.05, 4.69) is 0 Å². The second-order valence-electron chi connectivity index (χ2n) is 3.79. The maximum Gasteiger partial charge on any atom is 0.200 e. The summed E-state index contributed by atoms with van der Waals surface area (Å²) in [5.74, 6) is -9.99. The summed E-state index contributed by atoms with van der Waals surface area (Å²) < 4.78 is 71.3. The lowest BCUT2D eigenvalue weighted by atomic mass is 10.0. The van der Waals surface area contributed by atoms with Crippen molar-refractivity contribution < 1.29 is 26.7 Å². The molecule has 20 heavy (non-hydrogen) atoms. The van der Waals surface area contributed by atoms with Gasteiger partial charge in [0.25, 0.3) is 0 Å². The number of ether oxygens (including phenoxy) is 1. The van der Waals surface area contributed by atoms with Gasteiger partial charge in [-0.2, -0.15) is 0 Å². The second-order valence-corrected chi connectivity index (χ2v) is 4.20. The average molecular weight is 309 g/mol. The fourth-order valence-corrected chi connectivity index (χ4v) is 1.87. The Hall–Kier alpha value is -1.82. The van der Waals surface area contributed by atoms with Crippen molar-refractivity contribution in [2.24, 2.45) is 0 Å². The number of hydrogen-bond donors (Lipinski definition) is 0. The zero-order valence-electron chi connectivity index (χ0n) is 9.91. The van der Waals surface area contributed by atoms with Gasteiger partial charge in [0.15, 0.2) is 23.3 Å². The van der Waals surface area contributed by atoms with Crippen LogP contribution in [0.3, 0.4) is 0 Å². The number of hydrogen-bond acceptors (Lipinski definition) is 1. The van der Waals surface area contributed by atoms with Crippen LogP contribution in [0, 0.1) is 29.1 Å². The molecule has 0 unspecified atom stereocenters. The number of benzene rings is 2. The highest BCUT2D eigenvalue weighted by molar-refractivity contribution is 6.32. The maximum absolute atomic E-state index is 13.6. The molecule has 0 bridgehead atoms. The van der Waals surface area contributed by atoms with E-state index in [-0.39, 0.29) is 16.3 Å². The summed E-state index contributed by atoms with van der Waals surface area (Å²) in [6.45, 7) is 0. The normalized spacial score (nSPS) is 10.8. The van der Waals surface area contributed by atoms with Crippen LogP contribution in [0.15, 0.2) is 18.2 Å². The molecule has 2 aromatic carbocycles. The molecule has 0 radical (unpaired) electrons. The van der Waals surface area contributed by atoms with Crippen LogP contribution in [-0.4, -0.2) is 7.11 Å². The van der Waals surface area contributed by atoms with Gasteiger partial charge in [-0.3, -0.25) is 0 Å². The Bertz CT molecular complexity index is 658. The Morgan fingerprint density at radius 1 is 0.850 bits per heavy atom. The van der Waals surface area contributed by atoms with Crippen molar-refractivity contribution in [3.05, 3.63) is 52.3 Å². The van der Waals surface area contributed by atoms with Crippen LogP contribution in [0.1, 0.15) is 0 Å². The first kappa shape index (κ1) is 14.6. The SMILES string of the molecule is COc1cc(-c2c(F)c(F)c(F)c(F)c2F)ccc1Cl. The minimum absolute atomic E-state index is 0.0492. The van der Waals surface area contributed by atoms with Crippen molar-refractivity contribution in [3.8, 4) is 16.9 Å².